The summed E-state index contributed by atoms with van der Waals surface area (Å²) in [6.45, 7) is 6.05. The van der Waals surface area contributed by atoms with Gasteiger partial charge in [0.25, 0.3) is 5.91 Å². The van der Waals surface area contributed by atoms with Crippen molar-refractivity contribution in [3.8, 4) is 17.1 Å². The maximum absolute atomic E-state index is 12.5. The van der Waals surface area contributed by atoms with E-state index < -0.39 is 6.10 Å². The molecule has 7 heteroatoms. The monoisotopic (exact) mass is 443 g/mol. The number of aryl methyl sites for hydroxylation is 2. The summed E-state index contributed by atoms with van der Waals surface area (Å²) in [6.07, 6.45) is -0.0416. The van der Waals surface area contributed by atoms with Crippen molar-refractivity contribution in [2.45, 2.75) is 39.8 Å². The third-order valence-corrected chi connectivity index (χ3v) is 4.59. The van der Waals surface area contributed by atoms with E-state index in [0.29, 0.717) is 23.9 Å². The van der Waals surface area contributed by atoms with Gasteiger partial charge in [-0.2, -0.15) is 4.98 Å². The Hall–Kier alpha value is -2.67. The van der Waals surface area contributed by atoms with E-state index in [9.17, 15) is 4.79 Å². The Kier molecular flexibility index (Phi) is 6.46. The lowest BCUT2D eigenvalue weighted by Crippen LogP contribution is -2.37. The molecular weight excluding hydrogens is 422 g/mol. The normalized spacial score (nSPS) is 11.9. The first-order valence-corrected chi connectivity index (χ1v) is 9.85. The number of aromatic nitrogens is 2. The summed E-state index contributed by atoms with van der Waals surface area (Å²) in [7, 11) is 0. The van der Waals surface area contributed by atoms with E-state index in [1.54, 1.807) is 0 Å². The van der Waals surface area contributed by atoms with E-state index in [2.05, 4.69) is 37.5 Å². The third-order valence-electron chi connectivity index (χ3n) is 4.10. The third kappa shape index (κ3) is 5.19. The number of carbonyl (C=O) groups is 1. The van der Waals surface area contributed by atoms with Crippen molar-refractivity contribution >= 4 is 21.8 Å². The molecule has 1 amide bonds. The Bertz CT molecular complexity index is 951. The fourth-order valence-corrected chi connectivity index (χ4v) is 3.23. The van der Waals surface area contributed by atoms with E-state index in [0.717, 1.165) is 21.2 Å². The van der Waals surface area contributed by atoms with Crippen molar-refractivity contribution in [2.75, 3.05) is 0 Å². The van der Waals surface area contributed by atoms with Crippen molar-refractivity contribution in [1.29, 1.82) is 0 Å². The van der Waals surface area contributed by atoms with Crippen LogP contribution in [0.3, 0.4) is 0 Å². The number of ether oxygens (including phenoxy) is 1. The van der Waals surface area contributed by atoms with E-state index in [1.165, 1.54) is 0 Å². The largest absolute Gasteiger partial charge is 0.481 e. The molecule has 6 nitrogen and oxygen atoms in total. The molecule has 0 bridgehead atoms. The first-order valence-electron chi connectivity index (χ1n) is 9.06. The highest BCUT2D eigenvalue weighted by Gasteiger charge is 2.19. The number of nitrogens with zero attached hydrogens (tertiary/aromatic N) is 2. The quantitative estimate of drug-likeness (QED) is 0.577. The van der Waals surface area contributed by atoms with Crippen LogP contribution < -0.4 is 10.1 Å². The van der Waals surface area contributed by atoms with Crippen molar-refractivity contribution < 1.29 is 14.1 Å². The van der Waals surface area contributed by atoms with Crippen LogP contribution >= 0.6 is 15.9 Å². The van der Waals surface area contributed by atoms with Crippen LogP contribution in [-0.2, 0) is 11.3 Å². The highest BCUT2D eigenvalue weighted by atomic mass is 79.9. The Morgan fingerprint density at radius 2 is 1.96 bits per heavy atom. The molecule has 1 N–H and O–H groups in total. The van der Waals surface area contributed by atoms with Gasteiger partial charge in [0.05, 0.1) is 6.54 Å². The summed E-state index contributed by atoms with van der Waals surface area (Å²) in [5, 5.41) is 6.77. The molecule has 1 aromatic heterocycles. The average Bonchev–Trinajstić information content (AvgIpc) is 3.12. The minimum Gasteiger partial charge on any atom is -0.481 e. The predicted molar refractivity (Wildman–Crippen MR) is 110 cm³/mol. The first kappa shape index (κ1) is 20.1. The molecule has 3 rings (SSSR count). The molecule has 0 saturated carbocycles. The van der Waals surface area contributed by atoms with E-state index in [4.69, 9.17) is 9.26 Å². The summed E-state index contributed by atoms with van der Waals surface area (Å²) in [5.74, 6) is 1.28. The van der Waals surface area contributed by atoms with E-state index in [-0.39, 0.29) is 12.5 Å². The van der Waals surface area contributed by atoms with Crippen molar-refractivity contribution in [2.24, 2.45) is 0 Å². The van der Waals surface area contributed by atoms with Crippen LogP contribution in [0.2, 0.25) is 0 Å². The molecule has 0 aliphatic rings. The molecule has 0 unspecified atom stereocenters. The van der Waals surface area contributed by atoms with E-state index in [1.807, 2.05) is 57.2 Å². The second-order valence-electron chi connectivity index (χ2n) is 6.58. The predicted octanol–water partition coefficient (Wildman–Crippen LogP) is 4.59. The van der Waals surface area contributed by atoms with Gasteiger partial charge in [-0.1, -0.05) is 46.2 Å². The second kappa shape index (κ2) is 9.01. The standard InChI is InChI=1S/C21H22BrN3O3/c1-4-18(27-17-9-13(2)8-14(3)10-17)21(26)23-12-19-24-20(25-28-19)15-6-5-7-16(22)11-15/h5-11,18H,4,12H2,1-3H3,(H,23,26)/t18-/m0/s1. The fourth-order valence-electron chi connectivity index (χ4n) is 2.84. The van der Waals surface area contributed by atoms with Gasteiger partial charge in [0.15, 0.2) is 6.10 Å². The number of rotatable bonds is 7. The van der Waals surface area contributed by atoms with Gasteiger partial charge < -0.3 is 14.6 Å². The number of amides is 1. The lowest BCUT2D eigenvalue weighted by molar-refractivity contribution is -0.128. The van der Waals surface area contributed by atoms with Crippen LogP contribution in [0.5, 0.6) is 5.75 Å². The molecule has 28 heavy (non-hydrogen) atoms. The Labute approximate surface area is 172 Å². The van der Waals surface area contributed by atoms with Crippen LogP contribution in [0.4, 0.5) is 0 Å². The number of halogens is 1. The maximum atomic E-state index is 12.5. The van der Waals surface area contributed by atoms with Gasteiger partial charge in [0, 0.05) is 10.0 Å². The zero-order chi connectivity index (χ0) is 20.1. The van der Waals surface area contributed by atoms with Gasteiger partial charge in [-0.25, -0.2) is 0 Å². The number of benzene rings is 2. The van der Waals surface area contributed by atoms with Gasteiger partial charge in [-0.05, 0) is 55.7 Å². The molecule has 2 aromatic carbocycles. The summed E-state index contributed by atoms with van der Waals surface area (Å²) in [5.41, 5.74) is 3.02. The molecule has 0 aliphatic heterocycles. The topological polar surface area (TPSA) is 77.2 Å². The molecule has 0 fully saturated rings. The summed E-state index contributed by atoms with van der Waals surface area (Å²) in [4.78, 5) is 16.8. The van der Waals surface area contributed by atoms with Crippen molar-refractivity contribution in [1.82, 2.24) is 15.5 Å². The number of nitrogens with one attached hydrogen (secondary N) is 1. The Balaban J connectivity index is 1.61. The highest BCUT2D eigenvalue weighted by Crippen LogP contribution is 2.21. The molecule has 3 aromatic rings. The molecule has 1 atom stereocenters. The average molecular weight is 444 g/mol. The molecule has 1 heterocycles. The van der Waals surface area contributed by atoms with Gasteiger partial charge in [0.2, 0.25) is 11.7 Å². The maximum Gasteiger partial charge on any atom is 0.261 e. The van der Waals surface area contributed by atoms with Gasteiger partial charge in [-0.3, -0.25) is 4.79 Å². The summed E-state index contributed by atoms with van der Waals surface area (Å²) < 4.78 is 12.0. The minimum absolute atomic E-state index is 0.145. The van der Waals surface area contributed by atoms with Crippen molar-refractivity contribution in [3.05, 3.63) is 64.0 Å². The number of carbonyl (C=O) groups excluding carboxylic acids is 1. The lowest BCUT2D eigenvalue weighted by atomic mass is 10.1. The molecular formula is C21H22BrN3O3. The van der Waals surface area contributed by atoms with Gasteiger partial charge in [0.1, 0.15) is 5.75 Å². The van der Waals surface area contributed by atoms with Crippen LogP contribution in [0, 0.1) is 13.8 Å². The van der Waals surface area contributed by atoms with Gasteiger partial charge in [-0.15, -0.1) is 0 Å². The lowest BCUT2D eigenvalue weighted by Gasteiger charge is -2.17. The second-order valence-corrected chi connectivity index (χ2v) is 7.49. The van der Waals surface area contributed by atoms with Gasteiger partial charge >= 0.3 is 0 Å². The molecule has 0 saturated heterocycles. The van der Waals surface area contributed by atoms with E-state index >= 15 is 0 Å². The van der Waals surface area contributed by atoms with Crippen LogP contribution in [-0.4, -0.2) is 22.2 Å². The van der Waals surface area contributed by atoms with Crippen LogP contribution in [0.1, 0.15) is 30.4 Å². The smallest absolute Gasteiger partial charge is 0.261 e. The van der Waals surface area contributed by atoms with Crippen LogP contribution in [0.15, 0.2) is 51.5 Å². The number of hydrogen-bond acceptors (Lipinski definition) is 5. The zero-order valence-corrected chi connectivity index (χ0v) is 17.6. The zero-order valence-electron chi connectivity index (χ0n) is 16.0. The fraction of sp³-hybridized carbons (Fsp3) is 0.286. The molecule has 146 valence electrons. The van der Waals surface area contributed by atoms with Crippen molar-refractivity contribution in [3.63, 3.8) is 0 Å². The molecule has 0 spiro atoms. The highest BCUT2D eigenvalue weighted by molar-refractivity contribution is 9.10. The van der Waals surface area contributed by atoms with Crippen LogP contribution in [0.25, 0.3) is 11.4 Å². The molecule has 0 aliphatic carbocycles. The summed E-state index contributed by atoms with van der Waals surface area (Å²) >= 11 is 3.42. The molecule has 0 radical (unpaired) electrons. The SMILES string of the molecule is CC[C@H](Oc1cc(C)cc(C)c1)C(=O)NCc1nc(-c2cccc(Br)c2)no1. The Morgan fingerprint density at radius 3 is 2.64 bits per heavy atom. The number of hydrogen-bond donors (Lipinski definition) is 1. The summed E-state index contributed by atoms with van der Waals surface area (Å²) in [6, 6.07) is 13.5. The first-order chi connectivity index (χ1) is 13.4. The minimum atomic E-state index is -0.589. The Morgan fingerprint density at radius 1 is 1.21 bits per heavy atom.